The van der Waals surface area contributed by atoms with Crippen LogP contribution in [0.25, 0.3) is 0 Å². The van der Waals surface area contributed by atoms with Crippen LogP contribution >= 0.6 is 0 Å². The van der Waals surface area contributed by atoms with Crippen LogP contribution in [0.4, 0.5) is 0 Å². The standard InChI is InChI=1S/C17H18O5/c1-16-12-7-8-17(22-12,13(16)14(18)21-15(16)19)10-20-9-11-5-3-2-4-6-11/h2-6,12-13H,7-10H2,1H3/t12?,13-,16-,17?/m0/s1. The van der Waals surface area contributed by atoms with E-state index in [1.807, 2.05) is 30.3 Å². The SMILES string of the molecule is C[C@@]12C(=O)OC(=O)[C@@H]1C1(COCc3ccccc3)CCC2O1. The molecule has 1 aromatic rings. The summed E-state index contributed by atoms with van der Waals surface area (Å²) in [4.78, 5) is 24.2. The summed E-state index contributed by atoms with van der Waals surface area (Å²) in [6.07, 6.45) is 1.26. The van der Waals surface area contributed by atoms with Gasteiger partial charge >= 0.3 is 11.9 Å². The molecule has 2 bridgehead atoms. The molecule has 0 aromatic heterocycles. The Morgan fingerprint density at radius 2 is 2.05 bits per heavy atom. The van der Waals surface area contributed by atoms with Crippen molar-refractivity contribution >= 4 is 11.9 Å². The van der Waals surface area contributed by atoms with Crippen molar-refractivity contribution in [1.82, 2.24) is 0 Å². The largest absolute Gasteiger partial charge is 0.392 e. The van der Waals surface area contributed by atoms with Gasteiger partial charge in [-0.3, -0.25) is 9.59 Å². The summed E-state index contributed by atoms with van der Waals surface area (Å²) >= 11 is 0. The van der Waals surface area contributed by atoms with Gasteiger partial charge in [-0.05, 0) is 25.3 Å². The Kier molecular flexibility index (Phi) is 2.93. The van der Waals surface area contributed by atoms with E-state index in [0.29, 0.717) is 13.2 Å². The lowest BCUT2D eigenvalue weighted by Crippen LogP contribution is -2.48. The maximum Gasteiger partial charge on any atom is 0.323 e. The highest BCUT2D eigenvalue weighted by Crippen LogP contribution is 2.61. The Balaban J connectivity index is 1.52. The van der Waals surface area contributed by atoms with Crippen molar-refractivity contribution in [3.8, 4) is 0 Å². The van der Waals surface area contributed by atoms with Crippen molar-refractivity contribution in [3.63, 3.8) is 0 Å². The Morgan fingerprint density at radius 1 is 1.27 bits per heavy atom. The van der Waals surface area contributed by atoms with Gasteiger partial charge in [0, 0.05) is 0 Å². The summed E-state index contributed by atoms with van der Waals surface area (Å²) in [6.45, 7) is 2.55. The van der Waals surface area contributed by atoms with Gasteiger partial charge in [0.2, 0.25) is 0 Å². The van der Waals surface area contributed by atoms with Gasteiger partial charge in [0.25, 0.3) is 0 Å². The zero-order valence-corrected chi connectivity index (χ0v) is 12.4. The molecule has 1 aromatic carbocycles. The van der Waals surface area contributed by atoms with E-state index in [2.05, 4.69) is 0 Å². The minimum atomic E-state index is -0.842. The molecule has 22 heavy (non-hydrogen) atoms. The molecule has 5 nitrogen and oxygen atoms in total. The van der Waals surface area contributed by atoms with Crippen LogP contribution in [0.3, 0.4) is 0 Å². The molecular formula is C17H18O5. The normalized spacial score (nSPS) is 39.1. The molecule has 3 fully saturated rings. The van der Waals surface area contributed by atoms with Crippen molar-refractivity contribution in [1.29, 1.82) is 0 Å². The fourth-order valence-electron chi connectivity index (χ4n) is 4.22. The van der Waals surface area contributed by atoms with E-state index >= 15 is 0 Å². The van der Waals surface area contributed by atoms with Crippen LogP contribution in [0.2, 0.25) is 0 Å². The first-order valence-electron chi connectivity index (χ1n) is 7.62. The predicted octanol–water partition coefficient (Wildman–Crippen LogP) is 1.84. The molecule has 0 radical (unpaired) electrons. The summed E-state index contributed by atoms with van der Waals surface area (Å²) in [5, 5.41) is 0. The quantitative estimate of drug-likeness (QED) is 0.627. The Labute approximate surface area is 128 Å². The molecule has 4 atom stereocenters. The van der Waals surface area contributed by atoms with Crippen LogP contribution in [0.15, 0.2) is 30.3 Å². The maximum absolute atomic E-state index is 12.1. The minimum Gasteiger partial charge on any atom is -0.392 e. The maximum atomic E-state index is 12.1. The molecule has 4 rings (SSSR count). The second kappa shape index (κ2) is 4.64. The molecule has 5 heteroatoms. The van der Waals surface area contributed by atoms with E-state index in [-0.39, 0.29) is 6.10 Å². The molecule has 3 heterocycles. The fourth-order valence-corrected chi connectivity index (χ4v) is 4.22. The van der Waals surface area contributed by atoms with Crippen molar-refractivity contribution in [2.75, 3.05) is 6.61 Å². The summed E-state index contributed by atoms with van der Waals surface area (Å²) in [5.41, 5.74) is -0.484. The van der Waals surface area contributed by atoms with Gasteiger partial charge in [-0.2, -0.15) is 0 Å². The van der Waals surface area contributed by atoms with Gasteiger partial charge in [0.15, 0.2) is 0 Å². The molecule has 2 unspecified atom stereocenters. The molecule has 3 aliphatic rings. The molecule has 0 saturated carbocycles. The van der Waals surface area contributed by atoms with Gasteiger partial charge in [-0.25, -0.2) is 0 Å². The zero-order chi connectivity index (χ0) is 15.4. The smallest absolute Gasteiger partial charge is 0.323 e. The van der Waals surface area contributed by atoms with E-state index in [4.69, 9.17) is 14.2 Å². The van der Waals surface area contributed by atoms with E-state index < -0.39 is 28.9 Å². The third-order valence-electron chi connectivity index (χ3n) is 5.33. The molecule has 3 saturated heterocycles. The molecule has 116 valence electrons. The Bertz CT molecular complexity index is 627. The van der Waals surface area contributed by atoms with Crippen LogP contribution in [0.5, 0.6) is 0 Å². The lowest BCUT2D eigenvalue weighted by Gasteiger charge is -2.33. The molecule has 3 aliphatic heterocycles. The molecule has 0 spiro atoms. The lowest BCUT2D eigenvalue weighted by molar-refractivity contribution is -0.162. The Hall–Kier alpha value is -1.72. The van der Waals surface area contributed by atoms with Gasteiger partial charge in [-0.15, -0.1) is 0 Å². The van der Waals surface area contributed by atoms with Crippen LogP contribution in [-0.2, 0) is 30.4 Å². The second-order valence-electron chi connectivity index (χ2n) is 6.61. The van der Waals surface area contributed by atoms with Crippen LogP contribution in [-0.4, -0.2) is 30.3 Å². The highest BCUT2D eigenvalue weighted by molar-refractivity contribution is 6.01. The number of ether oxygens (including phenoxy) is 3. The number of rotatable bonds is 4. The third kappa shape index (κ3) is 1.72. The van der Waals surface area contributed by atoms with Crippen molar-refractivity contribution in [3.05, 3.63) is 35.9 Å². The number of esters is 2. The highest BCUT2D eigenvalue weighted by Gasteiger charge is 2.75. The van der Waals surface area contributed by atoms with Crippen molar-refractivity contribution < 1.29 is 23.8 Å². The van der Waals surface area contributed by atoms with Crippen LogP contribution in [0, 0.1) is 11.3 Å². The van der Waals surface area contributed by atoms with Gasteiger partial charge in [0.05, 0.1) is 19.3 Å². The number of hydrogen-bond donors (Lipinski definition) is 0. The Morgan fingerprint density at radius 3 is 2.82 bits per heavy atom. The number of benzene rings is 1. The summed E-state index contributed by atoms with van der Waals surface area (Å²) in [5.74, 6) is -1.45. The number of cyclic esters (lactones) is 2. The number of hydrogen-bond acceptors (Lipinski definition) is 5. The van der Waals surface area contributed by atoms with E-state index in [9.17, 15) is 9.59 Å². The van der Waals surface area contributed by atoms with Crippen molar-refractivity contribution in [2.24, 2.45) is 11.3 Å². The van der Waals surface area contributed by atoms with Crippen LogP contribution in [0.1, 0.15) is 25.3 Å². The number of fused-ring (bicyclic) bond motifs is 5. The average molecular weight is 302 g/mol. The number of carbonyl (C=O) groups is 2. The van der Waals surface area contributed by atoms with E-state index in [1.54, 1.807) is 6.92 Å². The van der Waals surface area contributed by atoms with Crippen molar-refractivity contribution in [2.45, 2.75) is 38.1 Å². The second-order valence-corrected chi connectivity index (χ2v) is 6.61. The first kappa shape index (κ1) is 13.9. The summed E-state index contributed by atoms with van der Waals surface area (Å²) in [7, 11) is 0. The molecule has 0 N–H and O–H groups in total. The lowest BCUT2D eigenvalue weighted by atomic mass is 9.64. The molecule has 0 amide bonds. The fraction of sp³-hybridized carbons (Fsp3) is 0.529. The van der Waals surface area contributed by atoms with Gasteiger partial charge in [-0.1, -0.05) is 30.3 Å². The first-order chi connectivity index (χ1) is 10.6. The topological polar surface area (TPSA) is 61.8 Å². The summed E-state index contributed by atoms with van der Waals surface area (Å²) < 4.78 is 16.8. The zero-order valence-electron chi connectivity index (χ0n) is 12.4. The van der Waals surface area contributed by atoms with E-state index in [1.165, 1.54) is 0 Å². The minimum absolute atomic E-state index is 0.239. The predicted molar refractivity (Wildman–Crippen MR) is 75.6 cm³/mol. The average Bonchev–Trinajstić information content (AvgIpc) is 3.10. The first-order valence-corrected chi connectivity index (χ1v) is 7.62. The van der Waals surface area contributed by atoms with Gasteiger partial charge in [0.1, 0.15) is 16.9 Å². The summed E-state index contributed by atoms with van der Waals surface area (Å²) in [6, 6.07) is 9.84. The monoisotopic (exact) mass is 302 g/mol. The van der Waals surface area contributed by atoms with E-state index in [0.717, 1.165) is 18.4 Å². The highest BCUT2D eigenvalue weighted by atomic mass is 16.6. The third-order valence-corrected chi connectivity index (χ3v) is 5.33. The molecular weight excluding hydrogens is 284 g/mol. The molecule has 0 aliphatic carbocycles. The van der Waals surface area contributed by atoms with Gasteiger partial charge < -0.3 is 14.2 Å². The van der Waals surface area contributed by atoms with Crippen LogP contribution < -0.4 is 0 Å². The number of carbonyl (C=O) groups excluding carboxylic acids is 2.